The number of benzene rings is 1. The number of halogens is 1. The second kappa shape index (κ2) is 4.78. The van der Waals surface area contributed by atoms with Crippen molar-refractivity contribution in [1.82, 2.24) is 10.2 Å². The van der Waals surface area contributed by atoms with Gasteiger partial charge in [-0.3, -0.25) is 10.1 Å². The van der Waals surface area contributed by atoms with Crippen LogP contribution in [0.3, 0.4) is 0 Å². The third kappa shape index (κ3) is 2.30. The number of aliphatic hydroxyl groups excluding tert-OH is 1. The average molecular weight is 367 g/mol. The molecule has 2 aliphatic rings. The van der Waals surface area contributed by atoms with Crippen LogP contribution >= 0.6 is 27.3 Å². The second-order valence-electron chi connectivity index (χ2n) is 5.93. The first-order valence-electron chi connectivity index (χ1n) is 6.99. The minimum atomic E-state index is -0.413. The summed E-state index contributed by atoms with van der Waals surface area (Å²) in [7, 11) is 0. The molecule has 1 aromatic heterocycles. The maximum atomic E-state index is 12.5. The number of thiophene rings is 1. The number of nitrogens with one attached hydrogen (secondary N) is 1. The second-order valence-corrected chi connectivity index (χ2v) is 7.93. The van der Waals surface area contributed by atoms with E-state index in [1.165, 1.54) is 0 Å². The Kier molecular flexibility index (Phi) is 3.11. The van der Waals surface area contributed by atoms with Gasteiger partial charge >= 0.3 is 0 Å². The van der Waals surface area contributed by atoms with Gasteiger partial charge in [0, 0.05) is 22.3 Å². The van der Waals surface area contributed by atoms with Gasteiger partial charge in [-0.25, -0.2) is 0 Å². The number of rotatable bonds is 1. The molecule has 2 aromatic rings. The Morgan fingerprint density at radius 3 is 2.95 bits per heavy atom. The molecule has 0 bridgehead atoms. The highest BCUT2D eigenvalue weighted by Crippen LogP contribution is 2.35. The molecule has 0 saturated carbocycles. The van der Waals surface area contributed by atoms with Gasteiger partial charge in [0.05, 0.1) is 10.4 Å². The Morgan fingerprint density at radius 2 is 2.24 bits per heavy atom. The number of aliphatic hydroxyl groups is 1. The Labute approximate surface area is 134 Å². The first-order chi connectivity index (χ1) is 10.0. The largest absolute Gasteiger partial charge is 0.379 e. The van der Waals surface area contributed by atoms with E-state index in [1.54, 1.807) is 11.3 Å². The Hall–Kier alpha value is -0.950. The van der Waals surface area contributed by atoms with E-state index in [-0.39, 0.29) is 11.4 Å². The van der Waals surface area contributed by atoms with Crippen molar-refractivity contribution in [3.05, 3.63) is 33.6 Å². The summed E-state index contributed by atoms with van der Waals surface area (Å²) in [5, 5.41) is 13.9. The van der Waals surface area contributed by atoms with Crippen LogP contribution in [0.2, 0.25) is 0 Å². The van der Waals surface area contributed by atoms with Gasteiger partial charge in [-0.05, 0) is 42.5 Å². The summed E-state index contributed by atoms with van der Waals surface area (Å²) in [4.78, 5) is 15.2. The molecule has 3 heterocycles. The third-order valence-electron chi connectivity index (χ3n) is 4.33. The molecule has 1 atom stereocenters. The van der Waals surface area contributed by atoms with Crippen LogP contribution in [0.15, 0.2) is 28.7 Å². The van der Waals surface area contributed by atoms with E-state index in [9.17, 15) is 9.90 Å². The molecule has 1 spiro atoms. The van der Waals surface area contributed by atoms with E-state index < -0.39 is 6.23 Å². The molecule has 2 aliphatic heterocycles. The lowest BCUT2D eigenvalue weighted by Gasteiger charge is -2.48. The summed E-state index contributed by atoms with van der Waals surface area (Å²) in [5.41, 5.74) is -0.0468. The summed E-state index contributed by atoms with van der Waals surface area (Å²) in [5.74, 6) is 0.0983. The number of hydrogen-bond donors (Lipinski definition) is 2. The van der Waals surface area contributed by atoms with Crippen molar-refractivity contribution in [2.45, 2.75) is 24.6 Å². The Bertz CT molecular complexity index is 724. The highest BCUT2D eigenvalue weighted by molar-refractivity contribution is 9.10. The minimum Gasteiger partial charge on any atom is -0.379 e. The minimum absolute atomic E-state index is 0.0468. The van der Waals surface area contributed by atoms with Crippen molar-refractivity contribution >= 4 is 43.3 Å². The molecule has 21 heavy (non-hydrogen) atoms. The number of amides is 1. The van der Waals surface area contributed by atoms with Gasteiger partial charge in [-0.1, -0.05) is 15.9 Å². The molecule has 2 saturated heterocycles. The van der Waals surface area contributed by atoms with Crippen LogP contribution in [0.25, 0.3) is 10.1 Å². The predicted octanol–water partition coefficient (Wildman–Crippen LogP) is 2.56. The third-order valence-corrected chi connectivity index (χ3v) is 5.93. The van der Waals surface area contributed by atoms with Gasteiger partial charge in [0.1, 0.15) is 6.23 Å². The summed E-state index contributed by atoms with van der Waals surface area (Å²) >= 11 is 5.00. The monoisotopic (exact) mass is 366 g/mol. The van der Waals surface area contributed by atoms with Gasteiger partial charge in [-0.15, -0.1) is 11.3 Å². The van der Waals surface area contributed by atoms with E-state index >= 15 is 0 Å². The molecule has 1 amide bonds. The first kappa shape index (κ1) is 13.7. The molecule has 0 radical (unpaired) electrons. The van der Waals surface area contributed by atoms with Crippen molar-refractivity contribution in [3.63, 3.8) is 0 Å². The molecule has 2 N–H and O–H groups in total. The molecule has 4 rings (SSSR count). The zero-order chi connectivity index (χ0) is 14.6. The number of fused-ring (bicyclic) bond motifs is 1. The number of carbonyl (C=O) groups excluding carboxylic acids is 1. The Morgan fingerprint density at radius 1 is 1.43 bits per heavy atom. The number of hydrogen-bond acceptors (Lipinski definition) is 4. The molecule has 1 unspecified atom stereocenters. The van der Waals surface area contributed by atoms with Gasteiger partial charge < -0.3 is 10.0 Å². The molecule has 4 nitrogen and oxygen atoms in total. The summed E-state index contributed by atoms with van der Waals surface area (Å²) in [6, 6.07) is 8.03. The van der Waals surface area contributed by atoms with Crippen molar-refractivity contribution in [2.24, 2.45) is 0 Å². The lowest BCUT2D eigenvalue weighted by Crippen LogP contribution is -2.68. The summed E-state index contributed by atoms with van der Waals surface area (Å²) in [6.07, 6.45) is 1.31. The van der Waals surface area contributed by atoms with Crippen LogP contribution in [-0.4, -0.2) is 40.8 Å². The zero-order valence-electron chi connectivity index (χ0n) is 11.3. The molecule has 2 fully saturated rings. The SMILES string of the molecule is O=C(c1cc2cc(Br)ccc2s1)N1CC2(CCC(O)N2)C1. The van der Waals surface area contributed by atoms with Crippen molar-refractivity contribution in [1.29, 1.82) is 0 Å². The first-order valence-corrected chi connectivity index (χ1v) is 8.60. The predicted molar refractivity (Wildman–Crippen MR) is 86.5 cm³/mol. The molecule has 0 aliphatic carbocycles. The van der Waals surface area contributed by atoms with Crippen LogP contribution in [0.1, 0.15) is 22.5 Å². The molecule has 110 valence electrons. The van der Waals surface area contributed by atoms with Crippen LogP contribution in [-0.2, 0) is 0 Å². The van der Waals surface area contributed by atoms with E-state index in [0.29, 0.717) is 13.1 Å². The van der Waals surface area contributed by atoms with Gasteiger partial charge in [0.15, 0.2) is 0 Å². The molecular weight excluding hydrogens is 352 g/mol. The smallest absolute Gasteiger partial charge is 0.264 e. The average Bonchev–Trinajstić information content (AvgIpc) is 2.99. The van der Waals surface area contributed by atoms with Gasteiger partial charge in [-0.2, -0.15) is 0 Å². The normalized spacial score (nSPS) is 23.7. The van der Waals surface area contributed by atoms with Crippen molar-refractivity contribution < 1.29 is 9.90 Å². The summed E-state index contributed by atoms with van der Waals surface area (Å²) < 4.78 is 2.16. The van der Waals surface area contributed by atoms with Gasteiger partial charge in [0.25, 0.3) is 5.91 Å². The molecule has 1 aromatic carbocycles. The quantitative estimate of drug-likeness (QED) is 0.815. The highest BCUT2D eigenvalue weighted by atomic mass is 79.9. The topological polar surface area (TPSA) is 52.6 Å². The maximum Gasteiger partial charge on any atom is 0.264 e. The van der Waals surface area contributed by atoms with Crippen LogP contribution in [0.4, 0.5) is 0 Å². The zero-order valence-corrected chi connectivity index (χ0v) is 13.7. The molecule has 6 heteroatoms. The molecular formula is C15H15BrN2O2S. The van der Waals surface area contributed by atoms with E-state index in [0.717, 1.165) is 32.3 Å². The van der Waals surface area contributed by atoms with E-state index in [2.05, 4.69) is 21.2 Å². The van der Waals surface area contributed by atoms with Gasteiger partial charge in [0.2, 0.25) is 0 Å². The summed E-state index contributed by atoms with van der Waals surface area (Å²) in [6.45, 7) is 1.39. The highest BCUT2D eigenvalue weighted by Gasteiger charge is 2.49. The fourth-order valence-electron chi connectivity index (χ4n) is 3.26. The standard InChI is InChI=1S/C15H15BrN2O2S/c16-10-1-2-11-9(5-10)6-12(21-11)14(20)18-7-15(8-18)4-3-13(19)17-15/h1-2,5-6,13,17,19H,3-4,7-8H2. The number of nitrogens with zero attached hydrogens (tertiary/aromatic N) is 1. The van der Waals surface area contributed by atoms with E-state index in [1.807, 2.05) is 29.2 Å². The lowest BCUT2D eigenvalue weighted by atomic mass is 9.88. The van der Waals surface area contributed by atoms with Crippen molar-refractivity contribution in [3.8, 4) is 0 Å². The van der Waals surface area contributed by atoms with E-state index in [4.69, 9.17) is 0 Å². The number of likely N-dealkylation sites (tertiary alicyclic amines) is 1. The fourth-order valence-corrected chi connectivity index (χ4v) is 4.65. The van der Waals surface area contributed by atoms with Crippen LogP contribution in [0, 0.1) is 0 Å². The number of carbonyl (C=O) groups is 1. The van der Waals surface area contributed by atoms with Crippen LogP contribution < -0.4 is 5.32 Å². The Balaban J connectivity index is 1.52. The van der Waals surface area contributed by atoms with Crippen molar-refractivity contribution in [2.75, 3.05) is 13.1 Å². The lowest BCUT2D eigenvalue weighted by molar-refractivity contribution is 0.0255. The van der Waals surface area contributed by atoms with Crippen LogP contribution in [0.5, 0.6) is 0 Å². The maximum absolute atomic E-state index is 12.5. The fraction of sp³-hybridized carbons (Fsp3) is 0.400.